The topological polar surface area (TPSA) is 35.5 Å². The van der Waals surface area contributed by atoms with Crippen molar-refractivity contribution in [3.63, 3.8) is 0 Å². The molecule has 26 heavy (non-hydrogen) atoms. The Morgan fingerprint density at radius 1 is 0.731 bits per heavy atom. The summed E-state index contributed by atoms with van der Waals surface area (Å²) >= 11 is 0. The molecule has 7 heteroatoms. The molecule has 0 saturated carbocycles. The second-order valence-electron chi connectivity index (χ2n) is 10.5. The summed E-state index contributed by atoms with van der Waals surface area (Å²) in [6.45, 7) is 28.5. The minimum Gasteiger partial charge on any atom is -0.438 e. The van der Waals surface area contributed by atoms with Gasteiger partial charge in [-0.15, -0.1) is 0 Å². The molecular formula is C19H44O3Si4. The van der Waals surface area contributed by atoms with E-state index in [-0.39, 0.29) is 0 Å². The van der Waals surface area contributed by atoms with Gasteiger partial charge in [-0.3, -0.25) is 0 Å². The number of ether oxygens (including phenoxy) is 2. The number of carbonyl (C=O) groups excluding carboxylic acids is 1. The monoisotopic (exact) mass is 432 g/mol. The lowest BCUT2D eigenvalue weighted by Gasteiger charge is -2.42. The van der Waals surface area contributed by atoms with Crippen LogP contribution < -0.4 is 0 Å². The van der Waals surface area contributed by atoms with Gasteiger partial charge >= 0.3 is 6.16 Å². The van der Waals surface area contributed by atoms with Gasteiger partial charge in [-0.1, -0.05) is 92.9 Å². The fourth-order valence-electron chi connectivity index (χ4n) is 2.84. The first kappa shape index (κ1) is 26.1. The van der Waals surface area contributed by atoms with E-state index in [9.17, 15) is 4.79 Å². The lowest BCUT2D eigenvalue weighted by molar-refractivity contribution is 0.0782. The highest BCUT2D eigenvalue weighted by Crippen LogP contribution is 2.42. The number of carbonyl (C=O) groups is 1. The third kappa shape index (κ3) is 6.63. The van der Waals surface area contributed by atoms with Crippen molar-refractivity contribution in [2.45, 2.75) is 102 Å². The molecule has 0 spiro atoms. The minimum absolute atomic E-state index is 0.324. The first-order chi connectivity index (χ1) is 11.5. The molecule has 0 aliphatic carbocycles. The third-order valence-corrected chi connectivity index (χ3v) is 27.4. The number of rotatable bonds is 10. The Morgan fingerprint density at radius 2 is 1.00 bits per heavy atom. The Bertz CT molecular complexity index is 411. The highest BCUT2D eigenvalue weighted by atomic mass is 28.4. The van der Waals surface area contributed by atoms with Gasteiger partial charge in [0, 0.05) is 16.1 Å². The van der Waals surface area contributed by atoms with Gasteiger partial charge in [0.15, 0.2) is 0 Å². The van der Waals surface area contributed by atoms with E-state index in [1.54, 1.807) is 0 Å². The van der Waals surface area contributed by atoms with Gasteiger partial charge < -0.3 is 9.47 Å². The SMILES string of the molecule is CC[Si](COC(=O)OC[Si](CC)C(C)(C)[Si](C)(C)C)C(C)(C)[Si](C)(C)C. The van der Waals surface area contributed by atoms with Gasteiger partial charge in [0.2, 0.25) is 0 Å². The van der Waals surface area contributed by atoms with Crippen LogP contribution in [-0.2, 0) is 9.47 Å². The van der Waals surface area contributed by atoms with Crippen LogP contribution in [0.4, 0.5) is 4.79 Å². The van der Waals surface area contributed by atoms with Crippen molar-refractivity contribution < 1.29 is 14.3 Å². The summed E-state index contributed by atoms with van der Waals surface area (Å²) in [6.07, 6.45) is 0.695. The zero-order chi connectivity index (χ0) is 21.0. The summed E-state index contributed by atoms with van der Waals surface area (Å²) in [7, 11) is -4.12. The maximum absolute atomic E-state index is 12.2. The molecule has 0 aromatic rings. The Balaban J connectivity index is 4.77. The van der Waals surface area contributed by atoms with Crippen molar-refractivity contribution in [3.05, 3.63) is 0 Å². The van der Waals surface area contributed by atoms with Crippen LogP contribution >= 0.6 is 0 Å². The Hall–Kier alpha value is 0.138. The van der Waals surface area contributed by atoms with Gasteiger partial charge in [0.1, 0.15) is 0 Å². The van der Waals surface area contributed by atoms with E-state index < -0.39 is 39.9 Å². The van der Waals surface area contributed by atoms with Crippen molar-refractivity contribution >= 4 is 39.9 Å². The van der Waals surface area contributed by atoms with Crippen LogP contribution in [0.15, 0.2) is 0 Å². The molecule has 0 bridgehead atoms. The average Bonchev–Trinajstić information content (AvgIpc) is 2.45. The molecule has 0 fully saturated rings. The fourth-order valence-corrected chi connectivity index (χ4v) is 16.3. The van der Waals surface area contributed by atoms with E-state index in [1.165, 1.54) is 0 Å². The maximum Gasteiger partial charge on any atom is 0.507 e. The number of hydrogen-bond donors (Lipinski definition) is 0. The zero-order valence-electron chi connectivity index (χ0n) is 19.6. The molecule has 0 aliphatic heterocycles. The Kier molecular flexibility index (Phi) is 9.61. The standard InChI is InChI=1S/C19H44O3Si4/c1-13-23(18(3,4)25(7,8)9)15-21-17(20)22-16-24(14-2)19(5,6)26(10,11)12/h13-16H2,1-12H3. The highest BCUT2D eigenvalue weighted by Gasteiger charge is 2.43. The van der Waals surface area contributed by atoms with Crippen LogP contribution in [0.1, 0.15) is 41.5 Å². The molecule has 0 aromatic heterocycles. The summed E-state index contributed by atoms with van der Waals surface area (Å²) in [5.41, 5.74) is 0. The predicted molar refractivity (Wildman–Crippen MR) is 125 cm³/mol. The van der Waals surface area contributed by atoms with Gasteiger partial charge in [0.05, 0.1) is 30.1 Å². The molecule has 154 valence electrons. The second kappa shape index (κ2) is 9.56. The number of hydrogen-bond acceptors (Lipinski definition) is 3. The van der Waals surface area contributed by atoms with Crippen molar-refractivity contribution in [1.82, 2.24) is 0 Å². The Morgan fingerprint density at radius 3 is 1.19 bits per heavy atom. The average molecular weight is 433 g/mol. The lowest BCUT2D eigenvalue weighted by Crippen LogP contribution is -2.49. The second-order valence-corrected chi connectivity index (χ2v) is 29.9. The van der Waals surface area contributed by atoms with E-state index in [4.69, 9.17) is 9.47 Å². The van der Waals surface area contributed by atoms with Crippen LogP contribution in [-0.4, -0.2) is 52.4 Å². The molecule has 2 radical (unpaired) electrons. The van der Waals surface area contributed by atoms with Crippen LogP contribution in [0.2, 0.25) is 60.7 Å². The van der Waals surface area contributed by atoms with Crippen LogP contribution in [0.3, 0.4) is 0 Å². The molecule has 0 aliphatic rings. The van der Waals surface area contributed by atoms with Crippen molar-refractivity contribution in [1.29, 1.82) is 0 Å². The molecule has 0 rings (SSSR count). The third-order valence-electron chi connectivity index (χ3n) is 7.10. The van der Waals surface area contributed by atoms with Gasteiger partial charge in [-0.2, -0.15) is 0 Å². The molecular weight excluding hydrogens is 389 g/mol. The molecule has 3 nitrogen and oxygen atoms in total. The lowest BCUT2D eigenvalue weighted by atomic mass is 10.5. The predicted octanol–water partition coefficient (Wildman–Crippen LogP) is 6.56. The van der Waals surface area contributed by atoms with E-state index in [0.29, 0.717) is 21.8 Å². The first-order valence-electron chi connectivity index (χ1n) is 10.0. The van der Waals surface area contributed by atoms with Crippen molar-refractivity contribution in [3.8, 4) is 0 Å². The minimum atomic E-state index is -1.31. The summed E-state index contributed by atoms with van der Waals surface area (Å²) in [6, 6.07) is 2.25. The normalized spacial score (nSPS) is 14.1. The largest absolute Gasteiger partial charge is 0.507 e. The molecule has 0 heterocycles. The van der Waals surface area contributed by atoms with Crippen molar-refractivity contribution in [2.75, 3.05) is 12.5 Å². The van der Waals surface area contributed by atoms with E-state index in [2.05, 4.69) is 80.8 Å². The Labute approximate surface area is 168 Å². The summed E-state index contributed by atoms with van der Waals surface area (Å²) in [4.78, 5) is 12.2. The molecule has 0 unspecified atom stereocenters. The first-order valence-corrected chi connectivity index (χ1v) is 20.8. The maximum atomic E-state index is 12.2. The van der Waals surface area contributed by atoms with Crippen LogP contribution in [0, 0.1) is 0 Å². The molecule has 0 atom stereocenters. The highest BCUT2D eigenvalue weighted by molar-refractivity contribution is 6.92. The smallest absolute Gasteiger partial charge is 0.438 e. The van der Waals surface area contributed by atoms with E-state index in [0.717, 1.165) is 12.1 Å². The molecule has 0 aromatic carbocycles. The van der Waals surface area contributed by atoms with Crippen molar-refractivity contribution in [2.24, 2.45) is 0 Å². The van der Waals surface area contributed by atoms with Crippen LogP contribution in [0.5, 0.6) is 0 Å². The molecule has 0 saturated heterocycles. The summed E-state index contributed by atoms with van der Waals surface area (Å²) in [5, 5.41) is 0. The van der Waals surface area contributed by atoms with Crippen LogP contribution in [0.25, 0.3) is 0 Å². The molecule has 0 N–H and O–H groups in total. The van der Waals surface area contributed by atoms with E-state index in [1.807, 2.05) is 0 Å². The summed E-state index contributed by atoms with van der Waals surface area (Å²) < 4.78 is 11.9. The van der Waals surface area contributed by atoms with Gasteiger partial charge in [-0.25, -0.2) is 4.79 Å². The molecule has 0 amide bonds. The van der Waals surface area contributed by atoms with Gasteiger partial charge in [0.25, 0.3) is 0 Å². The van der Waals surface area contributed by atoms with E-state index >= 15 is 0 Å². The summed E-state index contributed by atoms with van der Waals surface area (Å²) in [5.74, 6) is 0. The zero-order valence-corrected chi connectivity index (χ0v) is 23.6. The quantitative estimate of drug-likeness (QED) is 0.289. The fraction of sp³-hybridized carbons (Fsp3) is 0.947. The van der Waals surface area contributed by atoms with Gasteiger partial charge in [-0.05, 0) is 9.32 Å².